The standard InChI is InChI=1S/C13H18N2O3/c1-8(14)11(16)15-10-6-4-9(5-7-10)13(2,3)12(17)18/h4-8H,14H2,1-3H3,(H,15,16)(H,17,18)/t8-/m1/s1. The maximum Gasteiger partial charge on any atom is 0.313 e. The summed E-state index contributed by atoms with van der Waals surface area (Å²) in [6, 6.07) is 6.12. The minimum absolute atomic E-state index is 0.278. The molecule has 0 fully saturated rings. The summed E-state index contributed by atoms with van der Waals surface area (Å²) >= 11 is 0. The maximum atomic E-state index is 11.4. The molecule has 1 aromatic rings. The molecular weight excluding hydrogens is 232 g/mol. The highest BCUT2D eigenvalue weighted by Crippen LogP contribution is 2.24. The summed E-state index contributed by atoms with van der Waals surface area (Å²) in [6.45, 7) is 4.85. The largest absolute Gasteiger partial charge is 0.481 e. The normalized spacial score (nSPS) is 12.9. The molecule has 5 heteroatoms. The molecule has 0 aliphatic carbocycles. The number of carbonyl (C=O) groups excluding carboxylic acids is 1. The average Bonchev–Trinajstić information content (AvgIpc) is 2.29. The van der Waals surface area contributed by atoms with Gasteiger partial charge in [0.2, 0.25) is 5.91 Å². The summed E-state index contributed by atoms with van der Waals surface area (Å²) in [5.41, 5.74) is 5.75. The summed E-state index contributed by atoms with van der Waals surface area (Å²) in [7, 11) is 0. The predicted molar refractivity (Wildman–Crippen MR) is 69.4 cm³/mol. The Hall–Kier alpha value is -1.88. The van der Waals surface area contributed by atoms with Gasteiger partial charge in [-0.25, -0.2) is 0 Å². The number of nitrogens with one attached hydrogen (secondary N) is 1. The van der Waals surface area contributed by atoms with Crippen molar-refractivity contribution in [3.8, 4) is 0 Å². The lowest BCUT2D eigenvalue weighted by molar-refractivity contribution is -0.142. The van der Waals surface area contributed by atoms with Crippen LogP contribution in [-0.4, -0.2) is 23.0 Å². The summed E-state index contributed by atoms with van der Waals surface area (Å²) < 4.78 is 0. The number of carboxylic acid groups (broad SMARTS) is 1. The van der Waals surface area contributed by atoms with Gasteiger partial charge in [0.25, 0.3) is 0 Å². The van der Waals surface area contributed by atoms with Gasteiger partial charge < -0.3 is 16.2 Å². The van der Waals surface area contributed by atoms with E-state index < -0.39 is 17.4 Å². The van der Waals surface area contributed by atoms with E-state index >= 15 is 0 Å². The molecule has 0 aromatic heterocycles. The molecule has 1 atom stereocenters. The Bertz CT molecular complexity index is 450. The molecule has 0 radical (unpaired) electrons. The molecule has 0 aliphatic rings. The number of hydrogen-bond donors (Lipinski definition) is 3. The molecule has 0 spiro atoms. The molecule has 1 rings (SSSR count). The fourth-order valence-electron chi connectivity index (χ4n) is 1.35. The second-order valence-electron chi connectivity index (χ2n) is 4.79. The van der Waals surface area contributed by atoms with Crippen molar-refractivity contribution in [2.24, 2.45) is 5.73 Å². The third kappa shape index (κ3) is 3.07. The molecule has 4 N–H and O–H groups in total. The Labute approximate surface area is 106 Å². The topological polar surface area (TPSA) is 92.4 Å². The van der Waals surface area contributed by atoms with E-state index in [-0.39, 0.29) is 5.91 Å². The molecule has 0 aliphatic heterocycles. The van der Waals surface area contributed by atoms with Gasteiger partial charge in [0, 0.05) is 5.69 Å². The van der Waals surface area contributed by atoms with E-state index in [0.717, 1.165) is 0 Å². The fourth-order valence-corrected chi connectivity index (χ4v) is 1.35. The first kappa shape index (κ1) is 14.2. The minimum atomic E-state index is -0.955. The van der Waals surface area contributed by atoms with Gasteiger partial charge >= 0.3 is 5.97 Å². The van der Waals surface area contributed by atoms with Crippen LogP contribution in [0.3, 0.4) is 0 Å². The highest BCUT2D eigenvalue weighted by atomic mass is 16.4. The summed E-state index contributed by atoms with van der Waals surface area (Å²) in [6.07, 6.45) is 0. The van der Waals surface area contributed by atoms with Gasteiger partial charge in [-0.3, -0.25) is 9.59 Å². The smallest absolute Gasteiger partial charge is 0.313 e. The predicted octanol–water partition coefficient (Wildman–Crippen LogP) is 1.33. The van der Waals surface area contributed by atoms with Gasteiger partial charge in [-0.2, -0.15) is 0 Å². The number of rotatable bonds is 4. The number of nitrogens with two attached hydrogens (primary N) is 1. The van der Waals surface area contributed by atoms with Gasteiger partial charge in [0.15, 0.2) is 0 Å². The number of amides is 1. The maximum absolute atomic E-state index is 11.4. The Morgan fingerprint density at radius 2 is 1.78 bits per heavy atom. The van der Waals surface area contributed by atoms with Crippen molar-refractivity contribution in [1.82, 2.24) is 0 Å². The van der Waals surface area contributed by atoms with Crippen molar-refractivity contribution in [1.29, 1.82) is 0 Å². The molecular formula is C13H18N2O3. The first-order chi connectivity index (χ1) is 8.25. The van der Waals surface area contributed by atoms with Crippen LogP contribution in [0.25, 0.3) is 0 Å². The molecule has 18 heavy (non-hydrogen) atoms. The van der Waals surface area contributed by atoms with E-state index in [9.17, 15) is 9.59 Å². The lowest BCUT2D eigenvalue weighted by Crippen LogP contribution is -2.32. The molecule has 0 heterocycles. The third-order valence-corrected chi connectivity index (χ3v) is 2.82. The lowest BCUT2D eigenvalue weighted by Gasteiger charge is -2.20. The van der Waals surface area contributed by atoms with Crippen LogP contribution < -0.4 is 11.1 Å². The zero-order valence-corrected chi connectivity index (χ0v) is 10.7. The second-order valence-corrected chi connectivity index (χ2v) is 4.79. The van der Waals surface area contributed by atoms with Crippen molar-refractivity contribution < 1.29 is 14.7 Å². The highest BCUT2D eigenvalue weighted by Gasteiger charge is 2.29. The van der Waals surface area contributed by atoms with Crippen LogP contribution >= 0.6 is 0 Å². The van der Waals surface area contributed by atoms with E-state index in [2.05, 4.69) is 5.32 Å². The molecule has 0 unspecified atom stereocenters. The van der Waals surface area contributed by atoms with Crippen molar-refractivity contribution >= 4 is 17.6 Å². The van der Waals surface area contributed by atoms with Crippen molar-refractivity contribution in [2.75, 3.05) is 5.32 Å². The first-order valence-corrected chi connectivity index (χ1v) is 5.65. The number of hydrogen-bond acceptors (Lipinski definition) is 3. The Morgan fingerprint density at radius 1 is 1.28 bits per heavy atom. The SMILES string of the molecule is C[C@@H](N)C(=O)Nc1ccc(C(C)(C)C(=O)O)cc1. The van der Waals surface area contributed by atoms with Crippen LogP contribution in [0.15, 0.2) is 24.3 Å². The molecule has 0 saturated heterocycles. The quantitative estimate of drug-likeness (QED) is 0.751. The van der Waals surface area contributed by atoms with Gasteiger partial charge in [-0.1, -0.05) is 12.1 Å². The van der Waals surface area contributed by atoms with Crippen LogP contribution in [0.5, 0.6) is 0 Å². The van der Waals surface area contributed by atoms with E-state index in [1.165, 1.54) is 0 Å². The first-order valence-electron chi connectivity index (χ1n) is 5.65. The Morgan fingerprint density at radius 3 is 2.17 bits per heavy atom. The summed E-state index contributed by atoms with van der Waals surface area (Å²) in [5.74, 6) is -1.17. The summed E-state index contributed by atoms with van der Waals surface area (Å²) in [5, 5.41) is 11.7. The second kappa shape index (κ2) is 5.18. The third-order valence-electron chi connectivity index (χ3n) is 2.82. The molecule has 5 nitrogen and oxygen atoms in total. The van der Waals surface area contributed by atoms with E-state index in [0.29, 0.717) is 11.3 Å². The van der Waals surface area contributed by atoms with Gasteiger partial charge in [-0.05, 0) is 38.5 Å². The zero-order valence-electron chi connectivity index (χ0n) is 10.7. The van der Waals surface area contributed by atoms with Crippen molar-refractivity contribution in [3.63, 3.8) is 0 Å². The lowest BCUT2D eigenvalue weighted by atomic mass is 9.85. The number of aliphatic carboxylic acids is 1. The highest BCUT2D eigenvalue weighted by molar-refractivity contribution is 5.94. The molecule has 1 aromatic carbocycles. The van der Waals surface area contributed by atoms with Crippen LogP contribution in [0.4, 0.5) is 5.69 Å². The van der Waals surface area contributed by atoms with Crippen LogP contribution in [0.2, 0.25) is 0 Å². The van der Waals surface area contributed by atoms with Crippen LogP contribution in [-0.2, 0) is 15.0 Å². The average molecular weight is 250 g/mol. The molecule has 98 valence electrons. The fraction of sp³-hybridized carbons (Fsp3) is 0.385. The Balaban J connectivity index is 2.87. The summed E-state index contributed by atoms with van der Waals surface area (Å²) in [4.78, 5) is 22.5. The van der Waals surface area contributed by atoms with Gasteiger partial charge in [-0.15, -0.1) is 0 Å². The van der Waals surface area contributed by atoms with Crippen molar-refractivity contribution in [3.05, 3.63) is 29.8 Å². The number of carbonyl (C=O) groups is 2. The number of carboxylic acids is 1. The number of anilines is 1. The monoisotopic (exact) mass is 250 g/mol. The van der Waals surface area contributed by atoms with Gasteiger partial charge in [0.1, 0.15) is 0 Å². The number of benzene rings is 1. The van der Waals surface area contributed by atoms with E-state index in [4.69, 9.17) is 10.8 Å². The van der Waals surface area contributed by atoms with Gasteiger partial charge in [0.05, 0.1) is 11.5 Å². The Kier molecular flexibility index (Phi) is 4.08. The van der Waals surface area contributed by atoms with Crippen LogP contribution in [0.1, 0.15) is 26.3 Å². The van der Waals surface area contributed by atoms with E-state index in [1.54, 1.807) is 45.0 Å². The molecule has 0 bridgehead atoms. The molecule has 1 amide bonds. The zero-order chi connectivity index (χ0) is 13.9. The minimum Gasteiger partial charge on any atom is -0.481 e. The van der Waals surface area contributed by atoms with E-state index in [1.807, 2.05) is 0 Å². The van der Waals surface area contributed by atoms with Crippen molar-refractivity contribution in [2.45, 2.75) is 32.2 Å². The van der Waals surface area contributed by atoms with Crippen LogP contribution in [0, 0.1) is 0 Å². The molecule has 0 saturated carbocycles.